The molecule has 31 heavy (non-hydrogen) atoms. The van der Waals surface area contributed by atoms with Crippen molar-refractivity contribution in [3.63, 3.8) is 0 Å². The lowest BCUT2D eigenvalue weighted by molar-refractivity contribution is -0.0435. The van der Waals surface area contributed by atoms with Crippen LogP contribution in [0.3, 0.4) is 0 Å². The van der Waals surface area contributed by atoms with Crippen molar-refractivity contribution in [1.29, 1.82) is 0 Å². The van der Waals surface area contributed by atoms with Crippen LogP contribution in [0.1, 0.15) is 30.0 Å². The predicted octanol–water partition coefficient (Wildman–Crippen LogP) is 6.58. The molecule has 2 nitrogen and oxygen atoms in total. The second-order valence-electron chi connectivity index (χ2n) is 7.09. The number of hydrogen-bond donors (Lipinski definition) is 0. The summed E-state index contributed by atoms with van der Waals surface area (Å²) in [7, 11) is 0. The molecule has 0 saturated heterocycles. The van der Waals surface area contributed by atoms with E-state index in [0.29, 0.717) is 24.1 Å². The van der Waals surface area contributed by atoms with Gasteiger partial charge in [0.15, 0.2) is 4.90 Å². The first-order chi connectivity index (χ1) is 14.7. The second-order valence-corrected chi connectivity index (χ2v) is 8.56. The van der Waals surface area contributed by atoms with Crippen LogP contribution in [0.2, 0.25) is 0 Å². The van der Waals surface area contributed by atoms with Gasteiger partial charge < -0.3 is 4.55 Å². The molecule has 3 aromatic carbocycles. The lowest BCUT2D eigenvalue weighted by Crippen LogP contribution is -2.23. The Hall–Kier alpha value is -2.71. The minimum Gasteiger partial charge on any atom is -0.604 e. The third-order valence-electron chi connectivity index (χ3n) is 5.12. The van der Waals surface area contributed by atoms with E-state index in [-0.39, 0.29) is 16.5 Å². The quantitative estimate of drug-likeness (QED) is 0.327. The van der Waals surface area contributed by atoms with Crippen molar-refractivity contribution in [3.8, 4) is 11.1 Å². The second kappa shape index (κ2) is 8.43. The van der Waals surface area contributed by atoms with Gasteiger partial charge in [0, 0.05) is 5.71 Å². The molecular weight excluding hydrogens is 433 g/mol. The largest absolute Gasteiger partial charge is 0.604 e. The Bertz CT molecular complexity index is 1090. The summed E-state index contributed by atoms with van der Waals surface area (Å²) in [6.07, 6.45) is 1.09. The van der Waals surface area contributed by atoms with Crippen molar-refractivity contribution in [2.75, 3.05) is 0 Å². The average Bonchev–Trinajstić information content (AvgIpc) is 3.22. The molecule has 1 unspecified atom stereocenters. The Morgan fingerprint density at radius 2 is 1.39 bits per heavy atom. The van der Waals surface area contributed by atoms with Crippen LogP contribution in [0.4, 0.5) is 22.0 Å². The summed E-state index contributed by atoms with van der Waals surface area (Å²) < 4.78 is 77.2. The zero-order valence-electron chi connectivity index (χ0n) is 16.0. The van der Waals surface area contributed by atoms with E-state index in [1.54, 1.807) is 0 Å². The maximum atomic E-state index is 14.0. The highest BCUT2D eigenvalue weighted by atomic mass is 32.2. The van der Waals surface area contributed by atoms with Gasteiger partial charge in [-0.1, -0.05) is 30.3 Å². The van der Waals surface area contributed by atoms with E-state index in [4.69, 9.17) is 0 Å². The fourth-order valence-corrected chi connectivity index (χ4v) is 4.25. The molecule has 0 aromatic heterocycles. The van der Waals surface area contributed by atoms with Crippen LogP contribution in [0.25, 0.3) is 11.1 Å². The topological polar surface area (TPSA) is 35.4 Å². The van der Waals surface area contributed by atoms with E-state index in [0.717, 1.165) is 11.1 Å². The van der Waals surface area contributed by atoms with Gasteiger partial charge in [-0.05, 0) is 65.9 Å². The van der Waals surface area contributed by atoms with Crippen molar-refractivity contribution < 1.29 is 26.5 Å². The van der Waals surface area contributed by atoms with Gasteiger partial charge in [0.1, 0.15) is 11.6 Å². The highest BCUT2D eigenvalue weighted by Crippen LogP contribution is 2.34. The molecule has 0 saturated carbocycles. The Morgan fingerprint density at radius 3 is 1.94 bits per heavy atom. The van der Waals surface area contributed by atoms with E-state index in [1.165, 1.54) is 42.5 Å². The van der Waals surface area contributed by atoms with Crippen LogP contribution in [0, 0.1) is 11.6 Å². The maximum absolute atomic E-state index is 14.0. The normalized spacial score (nSPS) is 17.5. The first kappa shape index (κ1) is 21.5. The van der Waals surface area contributed by atoms with Gasteiger partial charge in [0.05, 0.1) is 22.8 Å². The summed E-state index contributed by atoms with van der Waals surface area (Å²) in [5.74, 6) is -1.27. The first-order valence-corrected chi connectivity index (χ1v) is 10.6. The molecule has 1 aliphatic heterocycles. The summed E-state index contributed by atoms with van der Waals surface area (Å²) in [5, 5.41) is 0. The van der Waals surface area contributed by atoms with Crippen LogP contribution in [-0.2, 0) is 11.2 Å². The Balaban J connectivity index is 1.52. The van der Waals surface area contributed by atoms with Crippen LogP contribution in [0.5, 0.6) is 0 Å². The van der Waals surface area contributed by atoms with E-state index in [1.807, 2.05) is 24.3 Å². The summed E-state index contributed by atoms with van der Waals surface area (Å²) >= 11 is -3.06. The third-order valence-corrected chi connectivity index (χ3v) is 6.25. The van der Waals surface area contributed by atoms with Gasteiger partial charge in [-0.15, -0.1) is 13.2 Å². The Kier molecular flexibility index (Phi) is 5.85. The number of rotatable bonds is 4. The zero-order chi connectivity index (χ0) is 22.2. The number of benzene rings is 3. The van der Waals surface area contributed by atoms with Gasteiger partial charge in [0.2, 0.25) is 0 Å². The van der Waals surface area contributed by atoms with Gasteiger partial charge >= 0.3 is 5.51 Å². The molecule has 2 atom stereocenters. The highest BCUT2D eigenvalue weighted by Gasteiger charge is 2.45. The average molecular weight is 449 g/mol. The molecular formula is C23H16F5NOS. The molecule has 0 radical (unpaired) electrons. The molecule has 8 heteroatoms. The molecule has 4 rings (SSSR count). The molecule has 1 aliphatic rings. The number of hydrogen-bond acceptors (Lipinski definition) is 2. The Morgan fingerprint density at radius 1 is 0.839 bits per heavy atom. The molecule has 1 heterocycles. The molecule has 0 fully saturated rings. The van der Waals surface area contributed by atoms with E-state index in [2.05, 4.69) is 4.99 Å². The van der Waals surface area contributed by atoms with Gasteiger partial charge in [0.25, 0.3) is 0 Å². The fourth-order valence-electron chi connectivity index (χ4n) is 3.60. The minimum atomic E-state index is -4.80. The number of alkyl halides is 3. The minimum absolute atomic E-state index is 0.0852. The van der Waals surface area contributed by atoms with Crippen LogP contribution in [-0.4, -0.2) is 15.8 Å². The van der Waals surface area contributed by atoms with Crippen molar-refractivity contribution in [3.05, 3.63) is 89.5 Å². The summed E-state index contributed by atoms with van der Waals surface area (Å²) in [4.78, 5) is 4.20. The van der Waals surface area contributed by atoms with Crippen molar-refractivity contribution in [2.24, 2.45) is 4.99 Å². The van der Waals surface area contributed by atoms with E-state index < -0.39 is 28.3 Å². The van der Waals surface area contributed by atoms with Crippen molar-refractivity contribution >= 4 is 16.9 Å². The molecule has 0 bridgehead atoms. The lowest BCUT2D eigenvalue weighted by atomic mass is 9.99. The van der Waals surface area contributed by atoms with Crippen LogP contribution < -0.4 is 0 Å². The van der Waals surface area contributed by atoms with Crippen molar-refractivity contribution in [1.82, 2.24) is 0 Å². The molecule has 160 valence electrons. The number of halogens is 5. The van der Waals surface area contributed by atoms with Gasteiger partial charge in [-0.3, -0.25) is 4.99 Å². The molecule has 0 N–H and O–H groups in total. The smallest absolute Gasteiger partial charge is 0.578 e. The monoisotopic (exact) mass is 449 g/mol. The number of nitrogens with zero attached hydrogens (tertiary/aromatic N) is 1. The summed E-state index contributed by atoms with van der Waals surface area (Å²) in [5.41, 5.74) is -2.15. The van der Waals surface area contributed by atoms with Crippen LogP contribution >= 0.6 is 0 Å². The summed E-state index contributed by atoms with van der Waals surface area (Å²) in [6.45, 7) is 0. The Labute approximate surface area is 178 Å². The molecule has 0 spiro atoms. The first-order valence-electron chi connectivity index (χ1n) is 9.44. The molecule has 0 aliphatic carbocycles. The molecule has 0 amide bonds. The highest BCUT2D eigenvalue weighted by molar-refractivity contribution is 7.92. The third kappa shape index (κ3) is 4.50. The van der Waals surface area contributed by atoms with Gasteiger partial charge in [-0.25, -0.2) is 8.78 Å². The number of aliphatic imine (C=N–C) groups is 1. The predicted molar refractivity (Wildman–Crippen MR) is 109 cm³/mol. The zero-order valence-corrected chi connectivity index (χ0v) is 16.8. The molecule has 3 aromatic rings. The SMILES string of the molecule is [O-][S+](c1ccc(-c2ccc([C@H]3CCC(c4c(F)cccc4F)=N3)cc2)cc1)C(F)(F)F. The van der Waals surface area contributed by atoms with Crippen molar-refractivity contribution in [2.45, 2.75) is 29.3 Å². The van der Waals surface area contributed by atoms with E-state index in [9.17, 15) is 26.5 Å². The van der Waals surface area contributed by atoms with E-state index >= 15 is 0 Å². The van der Waals surface area contributed by atoms with Gasteiger partial charge in [-0.2, -0.15) is 0 Å². The lowest BCUT2D eigenvalue weighted by Gasteiger charge is -2.12. The standard InChI is InChI=1S/C23H16F5NOS/c24-18-2-1-3-19(25)22(18)21-13-12-20(29-21)16-6-4-14(5-7-16)15-8-10-17(11-9-15)31(30)23(26,27)28/h1-11,20H,12-13H2/t20-,31?/m1/s1. The maximum Gasteiger partial charge on any atom is 0.578 e. The summed E-state index contributed by atoms with van der Waals surface area (Å²) in [6, 6.07) is 16.2. The van der Waals surface area contributed by atoms with Crippen LogP contribution in [0.15, 0.2) is 76.6 Å². The fraction of sp³-hybridized carbons (Fsp3) is 0.174.